The lowest BCUT2D eigenvalue weighted by Gasteiger charge is -2.11. The van der Waals surface area contributed by atoms with E-state index in [1.165, 1.54) is 77.0 Å². The number of carboxylic acids is 1. The average Bonchev–Trinajstić information content (AvgIpc) is 3.14. The fourth-order valence-corrected chi connectivity index (χ4v) is 6.40. The molecule has 56 heavy (non-hydrogen) atoms. The van der Waals surface area contributed by atoms with Crippen LogP contribution in [0.1, 0.15) is 38.8 Å². The summed E-state index contributed by atoms with van der Waals surface area (Å²) in [6.45, 7) is 1.78. The molecule has 2 aromatic carbocycles. The Morgan fingerprint density at radius 1 is 0.607 bits per heavy atom. The maximum absolute atomic E-state index is 12.4. The summed E-state index contributed by atoms with van der Waals surface area (Å²) in [4.78, 5) is 62.6. The van der Waals surface area contributed by atoms with E-state index in [0.29, 0.717) is 0 Å². The number of aromatic carboxylic acids is 1. The van der Waals surface area contributed by atoms with Crippen LogP contribution in [0.4, 0.5) is 21.5 Å². The summed E-state index contributed by atoms with van der Waals surface area (Å²) in [5, 5.41) is 13.4. The topological polar surface area (TPSA) is 303 Å². The van der Waals surface area contributed by atoms with Gasteiger partial charge < -0.3 is 28.8 Å². The first-order chi connectivity index (χ1) is 26.5. The zero-order chi connectivity index (χ0) is 41.5. The summed E-state index contributed by atoms with van der Waals surface area (Å²) in [5.41, 5.74) is 0.139. The molecule has 4 amide bonds. The van der Waals surface area contributed by atoms with E-state index in [-0.39, 0.29) is 64.3 Å². The van der Waals surface area contributed by atoms with E-state index in [2.05, 4.69) is 30.6 Å². The lowest BCUT2D eigenvalue weighted by Crippen LogP contribution is -2.36. The standard InChI is InChI=1S/C17H20N4O7S.C15H16N4O7S/c1-4-28-15(22)12-8-6-5-7-11(12)10-29(24,25)21-17(23)20-16-18-13(26-2)9-14(19-16)27-3;1-25-11-7-12(26-2)17-14(16-11)18-15(22)19-27(23,24)8-9-5-3-4-6-10(9)13(20)21/h5-9H,4,10H2,1-3H3,(H2,18,19,20,21,23);3-7H,8H2,1-2H3,(H,20,21)(H2,16,17,18,19,22). The van der Waals surface area contributed by atoms with Crippen LogP contribution in [0, 0.1) is 0 Å². The molecule has 0 aliphatic heterocycles. The van der Waals surface area contributed by atoms with Gasteiger partial charge in [-0.25, -0.2) is 45.5 Å². The first kappa shape index (κ1) is 43.6. The number of carbonyl (C=O) groups is 4. The minimum Gasteiger partial charge on any atom is -0.481 e. The van der Waals surface area contributed by atoms with Crippen LogP contribution in [-0.4, -0.2) is 101 Å². The van der Waals surface area contributed by atoms with Crippen molar-refractivity contribution in [2.75, 3.05) is 45.7 Å². The highest BCUT2D eigenvalue weighted by Gasteiger charge is 2.22. The Hall–Kier alpha value is -6.82. The third-order valence-corrected chi connectivity index (χ3v) is 8.97. The van der Waals surface area contributed by atoms with Crippen molar-refractivity contribution >= 4 is 55.9 Å². The van der Waals surface area contributed by atoms with E-state index in [1.54, 1.807) is 23.8 Å². The van der Waals surface area contributed by atoms with Gasteiger partial charge in [0.1, 0.15) is 0 Å². The monoisotopic (exact) mass is 820 g/mol. The molecule has 0 saturated heterocycles. The molecule has 0 saturated carbocycles. The SMILES string of the molecule is CCOC(=O)c1ccccc1CS(=O)(=O)NC(=O)Nc1nc(OC)cc(OC)n1.COc1cc(OC)nc(NC(=O)NS(=O)(=O)Cc2ccccc2C(=O)O)n1. The second kappa shape index (κ2) is 20.0. The molecule has 0 atom stereocenters. The molecule has 0 fully saturated rings. The molecular formula is C32H36N8O14S2. The molecule has 4 aromatic rings. The number of sulfonamides is 2. The van der Waals surface area contributed by atoms with Gasteiger partial charge in [-0.3, -0.25) is 10.6 Å². The van der Waals surface area contributed by atoms with Gasteiger partial charge >= 0.3 is 24.0 Å². The summed E-state index contributed by atoms with van der Waals surface area (Å²) in [5.74, 6) is -3.31. The highest BCUT2D eigenvalue weighted by Crippen LogP contribution is 2.19. The average molecular weight is 821 g/mol. The summed E-state index contributed by atoms with van der Waals surface area (Å²) in [7, 11) is -2.93. The molecule has 24 heteroatoms. The van der Waals surface area contributed by atoms with Crippen molar-refractivity contribution in [2.24, 2.45) is 0 Å². The van der Waals surface area contributed by atoms with E-state index in [1.807, 2.05) is 4.72 Å². The number of anilines is 2. The van der Waals surface area contributed by atoms with Crippen LogP contribution in [0.2, 0.25) is 0 Å². The first-order valence-electron chi connectivity index (χ1n) is 15.6. The zero-order valence-corrected chi connectivity index (χ0v) is 31.9. The lowest BCUT2D eigenvalue weighted by molar-refractivity contribution is 0.0524. The molecule has 0 aliphatic carbocycles. The van der Waals surface area contributed by atoms with E-state index in [9.17, 15) is 36.0 Å². The van der Waals surface area contributed by atoms with Crippen molar-refractivity contribution in [3.8, 4) is 23.5 Å². The molecule has 2 heterocycles. The molecule has 2 aromatic heterocycles. The van der Waals surface area contributed by atoms with Gasteiger partial charge in [0.25, 0.3) is 0 Å². The molecular weight excluding hydrogens is 785 g/mol. The number of benzene rings is 2. The number of nitrogens with zero attached hydrogens (tertiary/aromatic N) is 4. The maximum Gasteiger partial charge on any atom is 0.338 e. The van der Waals surface area contributed by atoms with Crippen LogP contribution in [0.5, 0.6) is 23.5 Å². The Bertz CT molecular complexity index is 2230. The van der Waals surface area contributed by atoms with Crippen LogP contribution in [0.25, 0.3) is 0 Å². The maximum atomic E-state index is 12.4. The molecule has 0 unspecified atom stereocenters. The number of ether oxygens (including phenoxy) is 5. The molecule has 22 nitrogen and oxygen atoms in total. The second-order valence-electron chi connectivity index (χ2n) is 10.5. The van der Waals surface area contributed by atoms with Gasteiger partial charge in [-0.2, -0.15) is 19.9 Å². The Balaban J connectivity index is 0.000000301. The second-order valence-corrected chi connectivity index (χ2v) is 14.0. The summed E-state index contributed by atoms with van der Waals surface area (Å²) >= 11 is 0. The normalized spacial score (nSPS) is 10.7. The third-order valence-electron chi connectivity index (χ3n) is 6.59. The lowest BCUT2D eigenvalue weighted by atomic mass is 10.1. The number of carboxylic acid groups (broad SMARTS) is 1. The van der Waals surface area contributed by atoms with Crippen LogP contribution in [0.3, 0.4) is 0 Å². The fraction of sp³-hybridized carbons (Fsp3) is 0.250. The van der Waals surface area contributed by atoms with Crippen molar-refractivity contribution in [2.45, 2.75) is 18.4 Å². The molecule has 0 bridgehead atoms. The van der Waals surface area contributed by atoms with Crippen LogP contribution in [-0.2, 0) is 36.3 Å². The predicted molar refractivity (Wildman–Crippen MR) is 196 cm³/mol. The molecule has 5 N–H and O–H groups in total. The van der Waals surface area contributed by atoms with E-state index in [0.717, 1.165) is 0 Å². The van der Waals surface area contributed by atoms with E-state index < -0.39 is 55.6 Å². The van der Waals surface area contributed by atoms with Gasteiger partial charge in [-0.1, -0.05) is 36.4 Å². The predicted octanol–water partition coefficient (Wildman–Crippen LogP) is 2.17. The minimum absolute atomic E-state index is 0.0320. The highest BCUT2D eigenvalue weighted by molar-refractivity contribution is 7.89. The van der Waals surface area contributed by atoms with Crippen molar-refractivity contribution in [1.29, 1.82) is 0 Å². The van der Waals surface area contributed by atoms with E-state index >= 15 is 0 Å². The fourth-order valence-electron chi connectivity index (χ4n) is 4.27. The Kier molecular flexibility index (Phi) is 15.6. The zero-order valence-electron chi connectivity index (χ0n) is 30.3. The Labute approximate surface area is 320 Å². The first-order valence-corrected chi connectivity index (χ1v) is 19.0. The van der Waals surface area contributed by atoms with Crippen molar-refractivity contribution in [3.05, 3.63) is 82.9 Å². The minimum atomic E-state index is -4.18. The van der Waals surface area contributed by atoms with Crippen molar-refractivity contribution in [1.82, 2.24) is 29.4 Å². The van der Waals surface area contributed by atoms with Gasteiger partial charge in [0.05, 0.1) is 69.8 Å². The number of nitrogens with one attached hydrogen (secondary N) is 4. The number of esters is 1. The van der Waals surface area contributed by atoms with Crippen LogP contribution in [0.15, 0.2) is 60.7 Å². The van der Waals surface area contributed by atoms with Crippen LogP contribution < -0.4 is 39.0 Å². The number of urea groups is 2. The number of hydrogen-bond donors (Lipinski definition) is 5. The third kappa shape index (κ3) is 13.5. The Morgan fingerprint density at radius 2 is 0.964 bits per heavy atom. The number of methoxy groups -OCH3 is 4. The molecule has 0 radical (unpaired) electrons. The number of hydrogen-bond acceptors (Lipinski definition) is 17. The number of rotatable bonds is 15. The summed E-state index contributed by atoms with van der Waals surface area (Å²) < 4.78 is 77.3. The number of carbonyl (C=O) groups excluding carboxylic acids is 3. The molecule has 0 spiro atoms. The summed E-state index contributed by atoms with van der Waals surface area (Å²) in [6.07, 6.45) is 0. The number of aromatic nitrogens is 4. The molecule has 4 rings (SSSR count). The number of amides is 4. The van der Waals surface area contributed by atoms with Gasteiger partial charge in [0.15, 0.2) is 0 Å². The van der Waals surface area contributed by atoms with Gasteiger partial charge in [0.2, 0.25) is 55.5 Å². The highest BCUT2D eigenvalue weighted by atomic mass is 32.2. The van der Waals surface area contributed by atoms with Crippen molar-refractivity contribution in [3.63, 3.8) is 0 Å². The largest absolute Gasteiger partial charge is 0.481 e. The van der Waals surface area contributed by atoms with Gasteiger partial charge in [-0.05, 0) is 30.2 Å². The van der Waals surface area contributed by atoms with Crippen molar-refractivity contribution < 1.29 is 64.8 Å². The van der Waals surface area contributed by atoms with Gasteiger partial charge in [0, 0.05) is 0 Å². The summed E-state index contributed by atoms with van der Waals surface area (Å²) in [6, 6.07) is 12.2. The molecule has 0 aliphatic rings. The smallest absolute Gasteiger partial charge is 0.338 e. The Morgan fingerprint density at radius 3 is 1.32 bits per heavy atom. The van der Waals surface area contributed by atoms with Crippen LogP contribution >= 0.6 is 0 Å². The molecule has 300 valence electrons. The quantitative estimate of drug-likeness (QED) is 0.107. The van der Waals surface area contributed by atoms with Gasteiger partial charge in [-0.15, -0.1) is 0 Å². The van der Waals surface area contributed by atoms with E-state index in [4.69, 9.17) is 28.8 Å².